The van der Waals surface area contributed by atoms with E-state index in [0.29, 0.717) is 0 Å². The largest absolute Gasteiger partial charge is 0.377 e. The van der Waals surface area contributed by atoms with E-state index in [1.807, 2.05) is 0 Å². The molecule has 0 spiro atoms. The average molecular weight is 181 g/mol. The molecule has 0 radical (unpaired) electrons. The van der Waals surface area contributed by atoms with Gasteiger partial charge < -0.3 is 5.11 Å². The Hall–Kier alpha value is -0.220. The minimum absolute atomic E-state index is 0.549. The summed E-state index contributed by atoms with van der Waals surface area (Å²) in [5, 5.41) is 8.46. The molecule has 0 aromatic carbocycles. The van der Waals surface area contributed by atoms with Crippen LogP contribution in [0.1, 0.15) is 6.92 Å². The zero-order valence-corrected chi connectivity index (χ0v) is 5.81. The number of Topliss-reactive ketones (excluding diaryl/α,β-unsaturated/α-hetero) is 1. The first-order valence-corrected chi connectivity index (χ1v) is 2.73. The highest BCUT2D eigenvalue weighted by Crippen LogP contribution is 1.93. The van der Waals surface area contributed by atoms with Crippen LogP contribution in [0.3, 0.4) is 0 Å². The van der Waals surface area contributed by atoms with E-state index in [1.165, 1.54) is 0 Å². The number of hydrogen-bond acceptors (Lipinski definition) is 3. The molecular formula is C4H5BrO3. The van der Waals surface area contributed by atoms with E-state index in [0.717, 1.165) is 6.92 Å². The van der Waals surface area contributed by atoms with E-state index in [9.17, 15) is 9.59 Å². The average Bonchev–Trinajstić information content (AvgIpc) is 1.64. The van der Waals surface area contributed by atoms with Crippen molar-refractivity contribution in [3.63, 3.8) is 0 Å². The minimum Gasteiger partial charge on any atom is -0.377 e. The van der Waals surface area contributed by atoms with Crippen molar-refractivity contribution in [2.24, 2.45) is 0 Å². The molecule has 1 atom stereocenters. The summed E-state index contributed by atoms with van der Waals surface area (Å²) in [6.45, 7) is 1.14. The highest BCUT2D eigenvalue weighted by atomic mass is 79.9. The van der Waals surface area contributed by atoms with Crippen LogP contribution in [-0.4, -0.2) is 21.7 Å². The fraction of sp³-hybridized carbons (Fsp3) is 0.500. The van der Waals surface area contributed by atoms with Gasteiger partial charge in [0, 0.05) is 0 Å². The Labute approximate surface area is 54.8 Å². The van der Waals surface area contributed by atoms with Gasteiger partial charge in [0.2, 0.25) is 4.69 Å². The normalized spacial score (nSPS) is 12.9. The summed E-state index contributed by atoms with van der Waals surface area (Å²) in [5.74, 6) is -0.549. The van der Waals surface area contributed by atoms with Crippen molar-refractivity contribution < 1.29 is 14.7 Å². The summed E-state index contributed by atoms with van der Waals surface area (Å²) < 4.78 is -0.690. The lowest BCUT2D eigenvalue weighted by molar-refractivity contribution is -0.132. The summed E-state index contributed by atoms with van der Waals surface area (Å²) in [6, 6.07) is 0. The molecular weight excluding hydrogens is 176 g/mol. The Morgan fingerprint density at radius 1 is 1.62 bits per heavy atom. The van der Waals surface area contributed by atoms with Crippen molar-refractivity contribution >= 4 is 26.4 Å². The number of aliphatic hydroxyl groups excluding tert-OH is 1. The second-order valence-corrected chi connectivity index (χ2v) is 2.10. The third-order valence-electron chi connectivity index (χ3n) is 0.600. The summed E-state index contributed by atoms with van der Waals surface area (Å²) in [6.07, 6.45) is -1.49. The van der Waals surface area contributed by atoms with Crippen LogP contribution in [0.15, 0.2) is 0 Å². The van der Waals surface area contributed by atoms with Crippen LogP contribution in [0.4, 0.5) is 0 Å². The van der Waals surface area contributed by atoms with E-state index in [1.54, 1.807) is 0 Å². The van der Waals surface area contributed by atoms with Gasteiger partial charge in [0.05, 0.1) is 0 Å². The van der Waals surface area contributed by atoms with Crippen LogP contribution in [0.5, 0.6) is 0 Å². The van der Waals surface area contributed by atoms with E-state index in [-0.39, 0.29) is 0 Å². The predicted molar refractivity (Wildman–Crippen MR) is 30.6 cm³/mol. The van der Waals surface area contributed by atoms with Crippen LogP contribution in [0, 0.1) is 0 Å². The number of hydrogen-bond donors (Lipinski definition) is 1. The van der Waals surface area contributed by atoms with Gasteiger partial charge in [0.25, 0.3) is 0 Å². The first-order valence-electron chi connectivity index (χ1n) is 1.93. The van der Waals surface area contributed by atoms with Gasteiger partial charge >= 0.3 is 0 Å². The third-order valence-corrected chi connectivity index (χ3v) is 1.03. The lowest BCUT2D eigenvalue weighted by Gasteiger charge is -1.95. The van der Waals surface area contributed by atoms with Crippen molar-refractivity contribution in [1.29, 1.82) is 0 Å². The number of carbonyl (C=O) groups is 2. The first kappa shape index (κ1) is 7.78. The van der Waals surface area contributed by atoms with Gasteiger partial charge in [-0.15, -0.1) is 0 Å². The molecule has 3 nitrogen and oxygen atoms in total. The van der Waals surface area contributed by atoms with Crippen LogP contribution >= 0.6 is 15.9 Å². The molecule has 0 saturated heterocycles. The molecule has 0 rings (SSSR count). The topological polar surface area (TPSA) is 54.4 Å². The van der Waals surface area contributed by atoms with Crippen molar-refractivity contribution in [1.82, 2.24) is 0 Å². The van der Waals surface area contributed by atoms with Gasteiger partial charge in [0.1, 0.15) is 0 Å². The fourth-order valence-corrected chi connectivity index (χ4v) is 0.482. The van der Waals surface area contributed by atoms with Gasteiger partial charge in [-0.1, -0.05) is 0 Å². The summed E-state index contributed by atoms with van der Waals surface area (Å²) in [7, 11) is 0. The molecule has 1 N–H and O–H groups in total. The van der Waals surface area contributed by atoms with Gasteiger partial charge in [-0.2, -0.15) is 0 Å². The van der Waals surface area contributed by atoms with Crippen LogP contribution < -0.4 is 0 Å². The highest BCUT2D eigenvalue weighted by Gasteiger charge is 2.15. The maximum absolute atomic E-state index is 10.1. The van der Waals surface area contributed by atoms with Crippen LogP contribution in [0.25, 0.3) is 0 Å². The molecule has 4 heteroatoms. The Morgan fingerprint density at radius 2 is 2.00 bits per heavy atom. The number of halogens is 1. The van der Waals surface area contributed by atoms with Gasteiger partial charge in [0.15, 0.2) is 11.9 Å². The molecule has 0 aliphatic carbocycles. The van der Waals surface area contributed by atoms with Crippen molar-refractivity contribution in [3.8, 4) is 0 Å². The molecule has 1 unspecified atom stereocenters. The third kappa shape index (κ3) is 2.18. The number of carbonyl (C=O) groups excluding carboxylic acids is 2. The fourth-order valence-electron chi connectivity index (χ4n) is 0.160. The molecule has 46 valence electrons. The lowest BCUT2D eigenvalue weighted by atomic mass is 10.3. The number of rotatable bonds is 2. The van der Waals surface area contributed by atoms with Crippen LogP contribution in [-0.2, 0) is 9.59 Å². The Bertz CT molecular complexity index is 106. The predicted octanol–water partition coefficient (Wildman–Crippen LogP) is -0.142. The molecule has 0 aromatic heterocycles. The zero-order chi connectivity index (χ0) is 6.73. The molecule has 0 aliphatic heterocycles. The highest BCUT2D eigenvalue weighted by molar-refractivity contribution is 9.18. The quantitative estimate of drug-likeness (QED) is 0.476. The molecule has 0 heterocycles. The van der Waals surface area contributed by atoms with E-state index in [4.69, 9.17) is 5.11 Å². The molecule has 0 amide bonds. The Balaban J connectivity index is 3.83. The second kappa shape index (κ2) is 2.94. The Kier molecular flexibility index (Phi) is 2.86. The lowest BCUT2D eigenvalue weighted by Crippen LogP contribution is -2.22. The monoisotopic (exact) mass is 180 g/mol. The Morgan fingerprint density at radius 3 is 2.00 bits per heavy atom. The first-order chi connectivity index (χ1) is 3.55. The number of aliphatic hydroxyl groups is 1. The molecule has 8 heavy (non-hydrogen) atoms. The van der Waals surface area contributed by atoms with E-state index >= 15 is 0 Å². The molecule has 0 fully saturated rings. The summed E-state index contributed by atoms with van der Waals surface area (Å²) in [4.78, 5) is 20.1. The molecule has 0 bridgehead atoms. The molecule has 0 saturated carbocycles. The maximum atomic E-state index is 10.1. The second-order valence-electron chi connectivity index (χ2n) is 1.32. The smallest absolute Gasteiger partial charge is 0.233 e. The van der Waals surface area contributed by atoms with E-state index < -0.39 is 16.6 Å². The van der Waals surface area contributed by atoms with Crippen LogP contribution in [0.2, 0.25) is 0 Å². The SMILES string of the molecule is CC(=O)C(O)C(=O)Br. The van der Waals surface area contributed by atoms with Gasteiger partial charge in [-0.25, -0.2) is 0 Å². The summed E-state index contributed by atoms with van der Waals surface area (Å²) >= 11 is 2.43. The zero-order valence-electron chi connectivity index (χ0n) is 4.22. The standard InChI is InChI=1S/C4H5BrO3/c1-2(6)3(7)4(5)8/h3,7H,1H3. The summed E-state index contributed by atoms with van der Waals surface area (Å²) in [5.41, 5.74) is 0. The minimum atomic E-state index is -1.49. The number of ketones is 1. The van der Waals surface area contributed by atoms with Crippen molar-refractivity contribution in [2.75, 3.05) is 0 Å². The molecule has 0 aliphatic rings. The van der Waals surface area contributed by atoms with Gasteiger partial charge in [-0.3, -0.25) is 9.59 Å². The van der Waals surface area contributed by atoms with E-state index in [2.05, 4.69) is 15.9 Å². The van der Waals surface area contributed by atoms with Gasteiger partial charge in [-0.05, 0) is 22.9 Å². The molecule has 0 aromatic rings. The maximum Gasteiger partial charge on any atom is 0.233 e. The van der Waals surface area contributed by atoms with Crippen molar-refractivity contribution in [2.45, 2.75) is 13.0 Å². The van der Waals surface area contributed by atoms with Crippen molar-refractivity contribution in [3.05, 3.63) is 0 Å².